The summed E-state index contributed by atoms with van der Waals surface area (Å²) in [6, 6.07) is 6.81. The smallest absolute Gasteiger partial charge is 0.305 e. The van der Waals surface area contributed by atoms with E-state index in [9.17, 15) is 9.59 Å². The largest absolute Gasteiger partial charge is 0.497 e. The minimum Gasteiger partial charge on any atom is -0.497 e. The Morgan fingerprint density at radius 1 is 1.43 bits per heavy atom. The van der Waals surface area contributed by atoms with E-state index in [1.54, 1.807) is 18.1 Å². The summed E-state index contributed by atoms with van der Waals surface area (Å²) in [7, 11) is 1.59. The summed E-state index contributed by atoms with van der Waals surface area (Å²) in [5.74, 6) is -0.444. The number of fused-ring (bicyclic) bond motifs is 1. The zero-order valence-electron chi connectivity index (χ0n) is 12.7. The molecule has 1 aromatic carbocycles. The van der Waals surface area contributed by atoms with Crippen molar-refractivity contribution in [3.05, 3.63) is 30.0 Å². The van der Waals surface area contributed by atoms with Crippen LogP contribution in [0.5, 0.6) is 5.75 Å². The molecule has 0 bridgehead atoms. The van der Waals surface area contributed by atoms with Crippen molar-refractivity contribution in [1.29, 1.82) is 0 Å². The van der Waals surface area contributed by atoms with Crippen LogP contribution < -0.4 is 4.74 Å². The highest BCUT2D eigenvalue weighted by molar-refractivity contribution is 5.98. The highest BCUT2D eigenvalue weighted by Crippen LogP contribution is 2.23. The van der Waals surface area contributed by atoms with Crippen molar-refractivity contribution in [3.63, 3.8) is 0 Å². The summed E-state index contributed by atoms with van der Waals surface area (Å²) in [5, 5.41) is 9.86. The van der Waals surface area contributed by atoms with Gasteiger partial charge in [0.15, 0.2) is 0 Å². The number of H-pyrrole nitrogens is 1. The van der Waals surface area contributed by atoms with E-state index in [1.807, 2.05) is 18.2 Å². The first-order valence-corrected chi connectivity index (χ1v) is 7.36. The Kier molecular flexibility index (Phi) is 4.20. The lowest BCUT2D eigenvalue weighted by atomic mass is 10.1. The average molecular weight is 318 g/mol. The lowest BCUT2D eigenvalue weighted by Crippen LogP contribution is -2.49. The van der Waals surface area contributed by atoms with Gasteiger partial charge in [0.05, 0.1) is 32.8 Å². The molecule has 1 aromatic heterocycles. The zero-order valence-corrected chi connectivity index (χ0v) is 12.7. The molecule has 0 spiro atoms. The van der Waals surface area contributed by atoms with Crippen molar-refractivity contribution in [3.8, 4) is 5.75 Å². The number of benzene rings is 1. The molecule has 122 valence electrons. The molecule has 1 saturated heterocycles. The first kappa shape index (κ1) is 15.4. The summed E-state index contributed by atoms with van der Waals surface area (Å²) < 4.78 is 10.5. The van der Waals surface area contributed by atoms with E-state index in [-0.39, 0.29) is 18.9 Å². The van der Waals surface area contributed by atoms with Crippen molar-refractivity contribution < 1.29 is 24.2 Å². The number of hydrogen-bond acceptors (Lipinski definition) is 4. The monoisotopic (exact) mass is 318 g/mol. The van der Waals surface area contributed by atoms with Gasteiger partial charge in [0, 0.05) is 17.4 Å². The van der Waals surface area contributed by atoms with Crippen LogP contribution >= 0.6 is 0 Å². The van der Waals surface area contributed by atoms with E-state index in [4.69, 9.17) is 14.6 Å². The van der Waals surface area contributed by atoms with Gasteiger partial charge in [0.2, 0.25) is 0 Å². The van der Waals surface area contributed by atoms with Gasteiger partial charge in [-0.3, -0.25) is 9.59 Å². The quantitative estimate of drug-likeness (QED) is 0.891. The number of hydrogen-bond donors (Lipinski definition) is 2. The molecule has 23 heavy (non-hydrogen) atoms. The Balaban J connectivity index is 1.87. The number of nitrogens with one attached hydrogen (secondary N) is 1. The van der Waals surface area contributed by atoms with Crippen molar-refractivity contribution in [2.75, 3.05) is 26.9 Å². The van der Waals surface area contributed by atoms with Crippen LogP contribution in [0.4, 0.5) is 0 Å². The zero-order chi connectivity index (χ0) is 16.4. The molecule has 0 radical (unpaired) electrons. The number of rotatable bonds is 4. The molecule has 0 saturated carbocycles. The topological polar surface area (TPSA) is 91.9 Å². The number of aromatic amines is 1. The Morgan fingerprint density at radius 2 is 2.26 bits per heavy atom. The van der Waals surface area contributed by atoms with E-state index in [0.29, 0.717) is 24.6 Å². The van der Waals surface area contributed by atoms with Crippen LogP contribution in [0.3, 0.4) is 0 Å². The van der Waals surface area contributed by atoms with Crippen molar-refractivity contribution in [1.82, 2.24) is 9.88 Å². The third-order valence-corrected chi connectivity index (χ3v) is 3.96. The number of aliphatic carboxylic acids is 1. The molecular weight excluding hydrogens is 300 g/mol. The van der Waals surface area contributed by atoms with Crippen molar-refractivity contribution in [2.45, 2.75) is 12.5 Å². The maximum atomic E-state index is 12.7. The third kappa shape index (κ3) is 3.14. The number of carboxylic acid groups (broad SMARTS) is 1. The summed E-state index contributed by atoms with van der Waals surface area (Å²) in [4.78, 5) is 28.4. The summed E-state index contributed by atoms with van der Waals surface area (Å²) in [6.07, 6.45) is -0.125. The number of morpholine rings is 1. The fourth-order valence-corrected chi connectivity index (χ4v) is 2.80. The van der Waals surface area contributed by atoms with Gasteiger partial charge in [-0.05, 0) is 24.3 Å². The number of carbonyl (C=O) groups excluding carboxylic acids is 1. The number of amides is 1. The maximum Gasteiger partial charge on any atom is 0.305 e. The van der Waals surface area contributed by atoms with E-state index in [0.717, 1.165) is 10.9 Å². The van der Waals surface area contributed by atoms with Gasteiger partial charge >= 0.3 is 5.97 Å². The minimum atomic E-state index is -0.945. The molecule has 7 heteroatoms. The first-order valence-electron chi connectivity index (χ1n) is 7.36. The SMILES string of the molecule is COc1ccc2[nH]c(C(=O)N3CCOCC3CC(=O)O)cc2c1. The van der Waals surface area contributed by atoms with Crippen LogP contribution in [0.1, 0.15) is 16.9 Å². The highest BCUT2D eigenvalue weighted by atomic mass is 16.5. The van der Waals surface area contributed by atoms with Gasteiger partial charge in [-0.1, -0.05) is 0 Å². The van der Waals surface area contributed by atoms with Gasteiger partial charge < -0.3 is 24.5 Å². The van der Waals surface area contributed by atoms with Crippen molar-refractivity contribution >= 4 is 22.8 Å². The van der Waals surface area contributed by atoms with E-state index in [2.05, 4.69) is 4.98 Å². The van der Waals surface area contributed by atoms with Crippen LogP contribution in [0.25, 0.3) is 10.9 Å². The Labute approximate surface area is 132 Å². The predicted octanol–water partition coefficient (Wildman–Crippen LogP) is 1.49. The summed E-state index contributed by atoms with van der Waals surface area (Å²) in [6.45, 7) is 1.04. The number of carboxylic acids is 1. The lowest BCUT2D eigenvalue weighted by molar-refractivity contribution is -0.139. The molecule has 2 N–H and O–H groups in total. The number of nitrogens with zero attached hydrogens (tertiary/aromatic N) is 1. The van der Waals surface area contributed by atoms with Gasteiger partial charge in [0.25, 0.3) is 5.91 Å². The third-order valence-electron chi connectivity index (χ3n) is 3.96. The van der Waals surface area contributed by atoms with Crippen LogP contribution in [-0.4, -0.2) is 59.8 Å². The Morgan fingerprint density at radius 3 is 3.00 bits per heavy atom. The number of ether oxygens (including phenoxy) is 2. The number of carbonyl (C=O) groups is 2. The van der Waals surface area contributed by atoms with Crippen LogP contribution in [-0.2, 0) is 9.53 Å². The highest BCUT2D eigenvalue weighted by Gasteiger charge is 2.30. The van der Waals surface area contributed by atoms with Crippen molar-refractivity contribution in [2.24, 2.45) is 0 Å². The Bertz CT molecular complexity index is 739. The fourth-order valence-electron chi connectivity index (χ4n) is 2.80. The molecule has 3 rings (SSSR count). The molecule has 1 atom stereocenters. The van der Waals surface area contributed by atoms with Crippen LogP contribution in [0.15, 0.2) is 24.3 Å². The standard InChI is InChI=1S/C16H18N2O5/c1-22-12-2-3-13-10(6-12)7-14(17-13)16(21)18-4-5-23-9-11(18)8-15(19)20/h2-3,6-7,11,17H,4-5,8-9H2,1H3,(H,19,20). The normalized spacial score (nSPS) is 18.1. The molecule has 1 amide bonds. The average Bonchev–Trinajstić information content (AvgIpc) is 2.97. The molecule has 2 aromatic rings. The van der Waals surface area contributed by atoms with Gasteiger partial charge in [-0.25, -0.2) is 0 Å². The predicted molar refractivity (Wildman–Crippen MR) is 82.7 cm³/mol. The van der Waals surface area contributed by atoms with E-state index < -0.39 is 12.0 Å². The second-order valence-electron chi connectivity index (χ2n) is 5.46. The molecule has 0 aliphatic carbocycles. The summed E-state index contributed by atoms with van der Waals surface area (Å²) >= 11 is 0. The molecule has 1 aliphatic heterocycles. The lowest BCUT2D eigenvalue weighted by Gasteiger charge is -2.34. The van der Waals surface area contributed by atoms with E-state index >= 15 is 0 Å². The molecule has 1 unspecified atom stereocenters. The van der Waals surface area contributed by atoms with Gasteiger partial charge in [-0.15, -0.1) is 0 Å². The minimum absolute atomic E-state index is 0.125. The molecule has 2 heterocycles. The number of methoxy groups -OCH3 is 1. The molecule has 1 aliphatic rings. The second-order valence-corrected chi connectivity index (χ2v) is 5.46. The first-order chi connectivity index (χ1) is 11.1. The van der Waals surface area contributed by atoms with Crippen LogP contribution in [0, 0.1) is 0 Å². The van der Waals surface area contributed by atoms with Gasteiger partial charge in [-0.2, -0.15) is 0 Å². The maximum absolute atomic E-state index is 12.7. The molecule has 7 nitrogen and oxygen atoms in total. The fraction of sp³-hybridized carbons (Fsp3) is 0.375. The summed E-state index contributed by atoms with van der Waals surface area (Å²) in [5.41, 5.74) is 1.27. The van der Waals surface area contributed by atoms with Crippen LogP contribution in [0.2, 0.25) is 0 Å². The molecular formula is C16H18N2O5. The Hall–Kier alpha value is -2.54. The van der Waals surface area contributed by atoms with Gasteiger partial charge in [0.1, 0.15) is 11.4 Å². The van der Waals surface area contributed by atoms with E-state index in [1.165, 1.54) is 0 Å². The number of aromatic nitrogens is 1. The molecule has 1 fully saturated rings. The second kappa shape index (κ2) is 6.29.